The summed E-state index contributed by atoms with van der Waals surface area (Å²) in [4.78, 5) is 35.3. The zero-order valence-corrected chi connectivity index (χ0v) is 23.0. The number of H-pyrrole nitrogens is 1. The number of aromatic amines is 1. The van der Waals surface area contributed by atoms with Gasteiger partial charge in [0.15, 0.2) is 6.61 Å². The number of nitrogens with zero attached hydrogens (tertiary/aromatic N) is 2. The number of hydrogen-bond donors (Lipinski definition) is 2. The van der Waals surface area contributed by atoms with Gasteiger partial charge in [0.25, 0.3) is 11.5 Å². The number of carbonyl (C=O) groups is 1. The van der Waals surface area contributed by atoms with Crippen molar-refractivity contribution in [2.24, 2.45) is 0 Å². The summed E-state index contributed by atoms with van der Waals surface area (Å²) in [6.45, 7) is 6.78. The third kappa shape index (κ3) is 5.72. The van der Waals surface area contributed by atoms with E-state index in [9.17, 15) is 9.59 Å². The molecule has 1 aliphatic rings. The summed E-state index contributed by atoms with van der Waals surface area (Å²) in [6.07, 6.45) is 0. The summed E-state index contributed by atoms with van der Waals surface area (Å²) in [5.41, 5.74) is 4.28. The molecule has 1 aromatic heterocycles. The van der Waals surface area contributed by atoms with Gasteiger partial charge in [-0.3, -0.25) is 9.59 Å². The fraction of sp³-hybridized carbons (Fsp3) is 0.300. The molecule has 1 fully saturated rings. The Bertz CT molecular complexity index is 1570. The van der Waals surface area contributed by atoms with Gasteiger partial charge in [-0.25, -0.2) is 4.98 Å². The molecular weight excluding hydrogens is 512 g/mol. The van der Waals surface area contributed by atoms with Gasteiger partial charge in [-0.1, -0.05) is 0 Å². The molecule has 1 amide bonds. The summed E-state index contributed by atoms with van der Waals surface area (Å²) in [7, 11) is 3.04. The van der Waals surface area contributed by atoms with Gasteiger partial charge in [-0.2, -0.15) is 0 Å². The maximum Gasteiger partial charge on any atom is 0.262 e. The molecule has 10 nitrogen and oxygen atoms in total. The molecule has 5 rings (SSSR count). The van der Waals surface area contributed by atoms with Crippen LogP contribution in [0.15, 0.2) is 53.3 Å². The molecule has 0 bridgehead atoms. The molecule has 10 heteroatoms. The Morgan fingerprint density at radius 2 is 1.73 bits per heavy atom. The van der Waals surface area contributed by atoms with E-state index in [-0.39, 0.29) is 18.1 Å². The lowest BCUT2D eigenvalue weighted by Gasteiger charge is -2.28. The lowest BCUT2D eigenvalue weighted by molar-refractivity contribution is -0.118. The number of fused-ring (bicyclic) bond motifs is 1. The van der Waals surface area contributed by atoms with Gasteiger partial charge in [-0.15, -0.1) is 0 Å². The first-order valence-corrected chi connectivity index (χ1v) is 13.0. The number of aryl methyl sites for hydroxylation is 2. The van der Waals surface area contributed by atoms with Crippen LogP contribution in [0.5, 0.6) is 17.2 Å². The molecule has 2 N–H and O–H groups in total. The minimum absolute atomic E-state index is 0.142. The normalized spacial score (nSPS) is 13.2. The zero-order valence-electron chi connectivity index (χ0n) is 23.0. The van der Waals surface area contributed by atoms with E-state index in [0.29, 0.717) is 45.2 Å². The molecule has 40 heavy (non-hydrogen) atoms. The number of benzene rings is 3. The van der Waals surface area contributed by atoms with Crippen LogP contribution in [-0.2, 0) is 9.53 Å². The van der Waals surface area contributed by atoms with Crippen molar-refractivity contribution >= 4 is 28.2 Å². The van der Waals surface area contributed by atoms with E-state index >= 15 is 0 Å². The fourth-order valence-electron chi connectivity index (χ4n) is 4.85. The number of methoxy groups -OCH3 is 2. The van der Waals surface area contributed by atoms with Gasteiger partial charge < -0.3 is 34.1 Å². The van der Waals surface area contributed by atoms with Gasteiger partial charge in [0.1, 0.15) is 28.5 Å². The van der Waals surface area contributed by atoms with Crippen LogP contribution in [0.1, 0.15) is 11.1 Å². The van der Waals surface area contributed by atoms with Crippen molar-refractivity contribution in [1.82, 2.24) is 9.97 Å². The maximum atomic E-state index is 12.9. The van der Waals surface area contributed by atoms with E-state index in [1.54, 1.807) is 19.2 Å². The van der Waals surface area contributed by atoms with Gasteiger partial charge >= 0.3 is 0 Å². The molecule has 0 aliphatic carbocycles. The Hall–Kier alpha value is -4.57. The van der Waals surface area contributed by atoms with Gasteiger partial charge in [0.2, 0.25) is 0 Å². The van der Waals surface area contributed by atoms with Crippen LogP contribution in [0.4, 0.5) is 11.4 Å². The van der Waals surface area contributed by atoms with Crippen molar-refractivity contribution in [2.45, 2.75) is 13.8 Å². The van der Waals surface area contributed by atoms with E-state index in [1.807, 2.05) is 50.2 Å². The Balaban J connectivity index is 1.29. The zero-order chi connectivity index (χ0) is 28.2. The number of aromatic nitrogens is 2. The number of nitrogens with one attached hydrogen (secondary N) is 2. The van der Waals surface area contributed by atoms with E-state index in [1.165, 1.54) is 7.11 Å². The fourth-order valence-corrected chi connectivity index (χ4v) is 4.85. The molecule has 0 spiro atoms. The first-order chi connectivity index (χ1) is 19.4. The van der Waals surface area contributed by atoms with Crippen molar-refractivity contribution in [2.75, 3.05) is 57.3 Å². The molecule has 208 valence electrons. The number of ether oxygens (including phenoxy) is 4. The largest absolute Gasteiger partial charge is 0.497 e. The molecule has 2 heterocycles. The first kappa shape index (κ1) is 27.0. The summed E-state index contributed by atoms with van der Waals surface area (Å²) in [5, 5.41) is 3.23. The lowest BCUT2D eigenvalue weighted by atomic mass is 10.0. The predicted molar refractivity (Wildman–Crippen MR) is 154 cm³/mol. The van der Waals surface area contributed by atoms with Crippen molar-refractivity contribution in [3.8, 4) is 28.6 Å². The monoisotopic (exact) mass is 544 g/mol. The third-order valence-electron chi connectivity index (χ3n) is 6.81. The van der Waals surface area contributed by atoms with Crippen LogP contribution >= 0.6 is 0 Å². The van der Waals surface area contributed by atoms with Crippen molar-refractivity contribution < 1.29 is 23.7 Å². The minimum atomic E-state index is -0.315. The summed E-state index contributed by atoms with van der Waals surface area (Å²) < 4.78 is 22.0. The summed E-state index contributed by atoms with van der Waals surface area (Å²) in [5.74, 6) is 1.68. The van der Waals surface area contributed by atoms with Gasteiger partial charge in [-0.05, 0) is 61.4 Å². The van der Waals surface area contributed by atoms with E-state index < -0.39 is 0 Å². The second-order valence-corrected chi connectivity index (χ2v) is 9.56. The number of hydrogen-bond acceptors (Lipinski definition) is 8. The highest BCUT2D eigenvalue weighted by Crippen LogP contribution is 2.31. The number of anilines is 2. The molecule has 1 saturated heterocycles. The number of rotatable bonds is 8. The Morgan fingerprint density at radius 1 is 1.02 bits per heavy atom. The second kappa shape index (κ2) is 11.7. The van der Waals surface area contributed by atoms with Crippen LogP contribution in [0.25, 0.3) is 22.3 Å². The van der Waals surface area contributed by atoms with Crippen LogP contribution < -0.4 is 30.0 Å². The van der Waals surface area contributed by atoms with Crippen LogP contribution in [-0.4, -0.2) is 63.0 Å². The second-order valence-electron chi connectivity index (χ2n) is 9.56. The quantitative estimate of drug-likeness (QED) is 0.341. The molecule has 0 saturated carbocycles. The highest BCUT2D eigenvalue weighted by molar-refractivity contribution is 5.92. The molecule has 0 radical (unpaired) electrons. The average Bonchev–Trinajstić information content (AvgIpc) is 2.96. The topological polar surface area (TPSA) is 115 Å². The number of amides is 1. The highest BCUT2D eigenvalue weighted by atomic mass is 16.5. The molecule has 4 aromatic rings. The Kier molecular flexibility index (Phi) is 7.88. The van der Waals surface area contributed by atoms with E-state index in [4.69, 9.17) is 18.9 Å². The number of carbonyl (C=O) groups excluding carboxylic acids is 1. The molecule has 0 atom stereocenters. The van der Waals surface area contributed by atoms with Crippen molar-refractivity contribution in [3.63, 3.8) is 0 Å². The predicted octanol–water partition coefficient (Wildman–Crippen LogP) is 4.08. The molecule has 0 unspecified atom stereocenters. The molecule has 1 aliphatic heterocycles. The molecule has 3 aromatic carbocycles. The van der Waals surface area contributed by atoms with E-state index in [2.05, 4.69) is 20.2 Å². The Morgan fingerprint density at radius 3 is 2.38 bits per heavy atom. The minimum Gasteiger partial charge on any atom is -0.497 e. The summed E-state index contributed by atoms with van der Waals surface area (Å²) in [6, 6.07) is 14.8. The van der Waals surface area contributed by atoms with Gasteiger partial charge in [0, 0.05) is 42.2 Å². The Labute approximate surface area is 231 Å². The van der Waals surface area contributed by atoms with Crippen molar-refractivity contribution in [3.05, 3.63) is 70.0 Å². The maximum absolute atomic E-state index is 12.9. The lowest BCUT2D eigenvalue weighted by Crippen LogP contribution is -2.36. The third-order valence-corrected chi connectivity index (χ3v) is 6.81. The van der Waals surface area contributed by atoms with Crippen LogP contribution in [0.2, 0.25) is 0 Å². The summed E-state index contributed by atoms with van der Waals surface area (Å²) >= 11 is 0. The molecular formula is C30H32N4O6. The standard InChI is InChI=1S/C30H32N4O6/c1-18-13-20(29-32-24-15-23(37-3)16-25(38-4)27(24)30(36)33-29)14-19(2)28(18)40-17-26(35)31-21-5-7-22(8-6-21)34-9-11-39-12-10-34/h5-8,13-16H,9-12,17H2,1-4H3,(H,31,35)(H,32,33,36). The van der Waals surface area contributed by atoms with E-state index in [0.717, 1.165) is 43.1 Å². The SMILES string of the molecule is COc1cc(OC)c2c(=O)[nH]c(-c3cc(C)c(OCC(=O)Nc4ccc(N5CCOCC5)cc4)c(C)c3)nc2c1. The van der Waals surface area contributed by atoms with Crippen LogP contribution in [0, 0.1) is 13.8 Å². The van der Waals surface area contributed by atoms with Gasteiger partial charge in [0.05, 0.1) is 33.0 Å². The average molecular weight is 545 g/mol. The van der Waals surface area contributed by atoms with Crippen molar-refractivity contribution in [1.29, 1.82) is 0 Å². The smallest absolute Gasteiger partial charge is 0.262 e. The first-order valence-electron chi connectivity index (χ1n) is 13.0. The highest BCUT2D eigenvalue weighted by Gasteiger charge is 2.16. The van der Waals surface area contributed by atoms with Crippen LogP contribution in [0.3, 0.4) is 0 Å². The number of morpholine rings is 1.